The number of esters is 2. The summed E-state index contributed by atoms with van der Waals surface area (Å²) >= 11 is 0. The molecule has 14 nitrogen and oxygen atoms in total. The molecule has 0 bridgehead atoms. The standard InChI is InChI=1S/C40H69NO13/c1-15-28-40(10)26(17-29(42)54-40)22(4)31(43)20(2)18-39(9,48-14)35(53-37-32(44)27(41(11)12)16-21(3)49-37)23(5)33(24(6)36(46)51-28)52-30-19-38(8,47-13)34(45)25(7)50-30/h20-28,30,32-35,37,44-45H,15-19H2,1-14H3/t20-,21-,22-,23+,24-,25+,26-,27+,28-,30?,32-,33+,34+,35-,37+,38?,39-,40+/m1/s1. The topological polar surface area (TPSA) is 169 Å². The van der Waals surface area contributed by atoms with Crippen molar-refractivity contribution < 1.29 is 62.5 Å². The smallest absolute Gasteiger partial charge is 0.311 e. The number of hydrogen-bond donors (Lipinski definition) is 2. The molecule has 0 amide bonds. The van der Waals surface area contributed by atoms with Gasteiger partial charge >= 0.3 is 11.9 Å². The molecule has 4 saturated heterocycles. The van der Waals surface area contributed by atoms with Gasteiger partial charge in [-0.2, -0.15) is 0 Å². The lowest BCUT2D eigenvalue weighted by atomic mass is 9.70. The molecule has 0 aromatic rings. The number of likely N-dealkylation sites (N-methyl/N-ethyl adjacent to an activating group) is 1. The summed E-state index contributed by atoms with van der Waals surface area (Å²) in [4.78, 5) is 43.7. The molecular weight excluding hydrogens is 702 g/mol. The predicted molar refractivity (Wildman–Crippen MR) is 197 cm³/mol. The number of ketones is 1. The molecule has 18 atom stereocenters. The van der Waals surface area contributed by atoms with Crippen molar-refractivity contribution in [1.29, 1.82) is 0 Å². The fourth-order valence-electron chi connectivity index (χ4n) is 9.64. The van der Waals surface area contributed by atoms with E-state index in [-0.39, 0.29) is 37.2 Å². The van der Waals surface area contributed by atoms with Crippen LogP contribution in [0.4, 0.5) is 0 Å². The number of nitrogens with zero attached hydrogens (tertiary/aromatic N) is 1. The van der Waals surface area contributed by atoms with Crippen LogP contribution in [0.25, 0.3) is 0 Å². The summed E-state index contributed by atoms with van der Waals surface area (Å²) in [7, 11) is 6.86. The van der Waals surface area contributed by atoms with Gasteiger partial charge in [0.1, 0.15) is 29.7 Å². The number of methoxy groups -OCH3 is 2. The summed E-state index contributed by atoms with van der Waals surface area (Å²) < 4.78 is 50.5. The van der Waals surface area contributed by atoms with Gasteiger partial charge in [-0.05, 0) is 74.9 Å². The van der Waals surface area contributed by atoms with Gasteiger partial charge < -0.3 is 53.0 Å². The second-order valence-electron chi connectivity index (χ2n) is 17.4. The van der Waals surface area contributed by atoms with Gasteiger partial charge in [0.05, 0.1) is 48.0 Å². The highest BCUT2D eigenvalue weighted by Gasteiger charge is 2.58. The third-order valence-corrected chi connectivity index (χ3v) is 13.2. The summed E-state index contributed by atoms with van der Waals surface area (Å²) in [6.45, 7) is 18.1. The number of ether oxygens (including phenoxy) is 8. The second-order valence-corrected chi connectivity index (χ2v) is 17.4. The van der Waals surface area contributed by atoms with Gasteiger partial charge in [0.15, 0.2) is 12.6 Å². The number of rotatable bonds is 8. The van der Waals surface area contributed by atoms with E-state index in [1.165, 1.54) is 7.11 Å². The molecule has 2 unspecified atom stereocenters. The highest BCUT2D eigenvalue weighted by molar-refractivity contribution is 5.85. The minimum atomic E-state index is -1.25. The molecule has 4 fully saturated rings. The minimum absolute atomic E-state index is 0.0131. The van der Waals surface area contributed by atoms with E-state index >= 15 is 0 Å². The largest absolute Gasteiger partial charge is 0.458 e. The first-order valence-electron chi connectivity index (χ1n) is 19.8. The molecule has 4 heterocycles. The van der Waals surface area contributed by atoms with Crippen LogP contribution in [0.15, 0.2) is 0 Å². The molecule has 0 aliphatic carbocycles. The molecule has 0 radical (unpaired) electrons. The lowest BCUT2D eigenvalue weighted by molar-refractivity contribution is -0.319. The highest BCUT2D eigenvalue weighted by atomic mass is 16.7. The molecule has 312 valence electrons. The van der Waals surface area contributed by atoms with Crippen LogP contribution in [-0.4, -0.2) is 139 Å². The first-order chi connectivity index (χ1) is 25.1. The van der Waals surface area contributed by atoms with E-state index in [0.29, 0.717) is 12.8 Å². The molecule has 14 heteroatoms. The van der Waals surface area contributed by atoms with Crippen molar-refractivity contribution in [3.63, 3.8) is 0 Å². The van der Waals surface area contributed by atoms with E-state index in [1.54, 1.807) is 34.8 Å². The van der Waals surface area contributed by atoms with Gasteiger partial charge in [-0.15, -0.1) is 0 Å². The van der Waals surface area contributed by atoms with Crippen LogP contribution in [0.3, 0.4) is 0 Å². The minimum Gasteiger partial charge on any atom is -0.458 e. The van der Waals surface area contributed by atoms with Crippen molar-refractivity contribution in [3.8, 4) is 0 Å². The lowest BCUT2D eigenvalue weighted by Crippen LogP contribution is -2.61. The SMILES string of the molecule is CC[C@H]1OC(=O)[C@H](C)[C@@H](OC2CC(C)(OC)[C@@H](O)[C@H](C)O2)[C@H](C)[C@@H](O[C@@H]2O[C@H](C)C[C@H](N(C)C)[C@H]2O)[C@](C)(OC)C[C@@H](C)C(=O)[C@H](C)[C@H]2CC(=O)O[C@@]21C. The number of hydrogen-bond acceptors (Lipinski definition) is 14. The Morgan fingerprint density at radius 1 is 0.870 bits per heavy atom. The summed E-state index contributed by atoms with van der Waals surface area (Å²) in [5, 5.41) is 22.6. The number of aliphatic hydroxyl groups is 2. The highest BCUT2D eigenvalue weighted by Crippen LogP contribution is 2.46. The molecule has 4 aliphatic heterocycles. The van der Waals surface area contributed by atoms with Gasteiger partial charge in [0.25, 0.3) is 0 Å². The van der Waals surface area contributed by atoms with E-state index in [1.807, 2.05) is 60.5 Å². The Morgan fingerprint density at radius 2 is 1.50 bits per heavy atom. The molecular formula is C40H69NO13. The fourth-order valence-corrected chi connectivity index (χ4v) is 9.64. The van der Waals surface area contributed by atoms with Crippen LogP contribution in [0.5, 0.6) is 0 Å². The molecule has 4 rings (SSSR count). The van der Waals surface area contributed by atoms with E-state index in [9.17, 15) is 24.6 Å². The van der Waals surface area contributed by atoms with Gasteiger partial charge in [-0.3, -0.25) is 14.4 Å². The second kappa shape index (κ2) is 17.4. The molecule has 2 N–H and O–H groups in total. The Bertz CT molecular complexity index is 1320. The van der Waals surface area contributed by atoms with Gasteiger partial charge in [-0.1, -0.05) is 27.7 Å². The molecule has 4 aliphatic rings. The van der Waals surface area contributed by atoms with Crippen LogP contribution in [0, 0.1) is 29.6 Å². The Balaban J connectivity index is 1.87. The van der Waals surface area contributed by atoms with Gasteiger partial charge in [-0.25, -0.2) is 0 Å². The average Bonchev–Trinajstić information content (AvgIpc) is 3.43. The number of cyclic esters (lactones) is 1. The molecule has 0 aromatic heterocycles. The van der Waals surface area contributed by atoms with Crippen molar-refractivity contribution in [2.75, 3.05) is 28.3 Å². The van der Waals surface area contributed by atoms with Gasteiger partial charge in [0.2, 0.25) is 0 Å². The van der Waals surface area contributed by atoms with Crippen LogP contribution in [0.2, 0.25) is 0 Å². The van der Waals surface area contributed by atoms with Crippen LogP contribution in [0.1, 0.15) is 101 Å². The summed E-state index contributed by atoms with van der Waals surface area (Å²) in [6, 6.07) is -0.268. The number of fused-ring (bicyclic) bond motifs is 1. The normalized spacial score (nSPS) is 48.5. The van der Waals surface area contributed by atoms with Crippen molar-refractivity contribution in [2.45, 2.75) is 179 Å². The average molecular weight is 772 g/mol. The molecule has 0 spiro atoms. The quantitative estimate of drug-likeness (QED) is 0.343. The first-order valence-corrected chi connectivity index (χ1v) is 19.8. The summed E-state index contributed by atoms with van der Waals surface area (Å²) in [5.74, 6) is -4.48. The number of Topliss-reactive ketones (excluding diaryl/α,β-unsaturated/α-hetero) is 1. The van der Waals surface area contributed by atoms with E-state index < -0.39 is 108 Å². The van der Waals surface area contributed by atoms with E-state index in [0.717, 1.165) is 0 Å². The van der Waals surface area contributed by atoms with Crippen molar-refractivity contribution in [2.24, 2.45) is 29.6 Å². The molecule has 54 heavy (non-hydrogen) atoms. The summed E-state index contributed by atoms with van der Waals surface area (Å²) in [6.07, 6.45) is -6.35. The van der Waals surface area contributed by atoms with Crippen LogP contribution >= 0.6 is 0 Å². The fraction of sp³-hybridized carbons (Fsp3) is 0.925. The zero-order valence-corrected chi connectivity index (χ0v) is 35.0. The maximum atomic E-state index is 14.4. The van der Waals surface area contributed by atoms with Crippen molar-refractivity contribution in [3.05, 3.63) is 0 Å². The van der Waals surface area contributed by atoms with Gasteiger partial charge in [0, 0.05) is 50.4 Å². The number of aliphatic hydroxyl groups excluding tert-OH is 2. The van der Waals surface area contributed by atoms with E-state index in [2.05, 4.69) is 0 Å². The zero-order chi connectivity index (χ0) is 40.7. The Kier molecular flexibility index (Phi) is 14.5. The maximum absolute atomic E-state index is 14.4. The number of carbonyl (C=O) groups is 3. The zero-order valence-electron chi connectivity index (χ0n) is 35.0. The van der Waals surface area contributed by atoms with Crippen LogP contribution in [-0.2, 0) is 52.3 Å². The molecule has 0 saturated carbocycles. The van der Waals surface area contributed by atoms with Crippen molar-refractivity contribution in [1.82, 2.24) is 4.90 Å². The van der Waals surface area contributed by atoms with E-state index in [4.69, 9.17) is 37.9 Å². The Labute approximate surface area is 322 Å². The maximum Gasteiger partial charge on any atom is 0.311 e. The van der Waals surface area contributed by atoms with Crippen molar-refractivity contribution >= 4 is 17.7 Å². The number of carbonyl (C=O) groups excluding carboxylic acids is 3. The lowest BCUT2D eigenvalue weighted by Gasteiger charge is -2.50. The van der Waals surface area contributed by atoms with Crippen LogP contribution < -0.4 is 0 Å². The third kappa shape index (κ3) is 8.87. The third-order valence-electron chi connectivity index (χ3n) is 13.2. The Hall–Kier alpha value is -1.75. The Morgan fingerprint density at radius 3 is 2.07 bits per heavy atom. The summed E-state index contributed by atoms with van der Waals surface area (Å²) in [5.41, 5.74) is -3.46. The monoisotopic (exact) mass is 771 g/mol. The predicted octanol–water partition coefficient (Wildman–Crippen LogP) is 3.65. The molecule has 0 aromatic carbocycles. The first kappa shape index (κ1) is 45.0.